The van der Waals surface area contributed by atoms with Gasteiger partial charge in [0.15, 0.2) is 0 Å². The number of hydrogen-bond acceptors (Lipinski definition) is 6. The molecular weight excluding hydrogens is 647 g/mol. The van der Waals surface area contributed by atoms with Crippen LogP contribution in [0.25, 0.3) is 0 Å². The summed E-state index contributed by atoms with van der Waals surface area (Å²) in [5, 5.41) is 13.7. The lowest BCUT2D eigenvalue weighted by Gasteiger charge is -2.29. The van der Waals surface area contributed by atoms with Gasteiger partial charge < -0.3 is 28.8 Å². The van der Waals surface area contributed by atoms with Crippen molar-refractivity contribution < 1.29 is 32.9 Å². The lowest BCUT2D eigenvalue weighted by molar-refractivity contribution is -0.870. The molecule has 9 heteroatoms. The predicted octanol–water partition coefficient (Wildman–Crippen LogP) is 10.3. The fraction of sp³-hybridized carbons (Fsp3) is 0.878. The summed E-state index contributed by atoms with van der Waals surface area (Å²) >= 11 is 0. The smallest absolute Gasteiger partial charge is 0.268 e. The Morgan fingerprint density at radius 2 is 1.12 bits per heavy atom. The molecule has 3 atom stereocenters. The van der Waals surface area contributed by atoms with Gasteiger partial charge in [0.1, 0.15) is 13.2 Å². The van der Waals surface area contributed by atoms with Crippen LogP contribution >= 0.6 is 7.82 Å². The zero-order valence-corrected chi connectivity index (χ0v) is 34.2. The van der Waals surface area contributed by atoms with Crippen LogP contribution in [0.1, 0.15) is 181 Å². The summed E-state index contributed by atoms with van der Waals surface area (Å²) in [7, 11) is 1.25. The number of rotatable bonds is 37. The van der Waals surface area contributed by atoms with Gasteiger partial charge in [0.25, 0.3) is 7.82 Å². The minimum absolute atomic E-state index is 0.00453. The fourth-order valence-corrected chi connectivity index (χ4v) is 6.54. The Hall–Kier alpha value is -1.02. The van der Waals surface area contributed by atoms with Crippen LogP contribution in [-0.2, 0) is 18.4 Å². The largest absolute Gasteiger partial charge is 0.756 e. The van der Waals surface area contributed by atoms with Crippen LogP contribution in [0.15, 0.2) is 24.3 Å². The normalized spacial score (nSPS) is 14.8. The number of quaternary nitrogens is 1. The van der Waals surface area contributed by atoms with Gasteiger partial charge in [-0.15, -0.1) is 0 Å². The number of aliphatic hydroxyl groups is 1. The molecule has 0 heterocycles. The molecule has 50 heavy (non-hydrogen) atoms. The van der Waals surface area contributed by atoms with E-state index in [2.05, 4.69) is 31.3 Å². The first-order valence-electron chi connectivity index (χ1n) is 20.7. The van der Waals surface area contributed by atoms with Crippen molar-refractivity contribution in [3.05, 3.63) is 24.3 Å². The molecule has 0 aliphatic carbocycles. The van der Waals surface area contributed by atoms with Crippen LogP contribution in [0.5, 0.6) is 0 Å². The highest BCUT2D eigenvalue weighted by molar-refractivity contribution is 7.45. The Morgan fingerprint density at radius 1 is 0.680 bits per heavy atom. The van der Waals surface area contributed by atoms with E-state index in [-0.39, 0.29) is 19.1 Å². The van der Waals surface area contributed by atoms with Crippen LogP contribution in [0, 0.1) is 0 Å². The van der Waals surface area contributed by atoms with Crippen molar-refractivity contribution in [2.75, 3.05) is 40.9 Å². The number of likely N-dealkylation sites (N-methyl/N-ethyl adjacent to an activating group) is 1. The first-order chi connectivity index (χ1) is 24.0. The molecule has 296 valence electrons. The third kappa shape index (κ3) is 35.4. The summed E-state index contributed by atoms with van der Waals surface area (Å²) in [6, 6.07) is -0.896. The molecule has 0 spiro atoms. The van der Waals surface area contributed by atoms with Crippen molar-refractivity contribution in [2.45, 2.75) is 193 Å². The van der Waals surface area contributed by atoms with Gasteiger partial charge in [-0.3, -0.25) is 9.36 Å². The number of phosphoric ester groups is 1. The summed E-state index contributed by atoms with van der Waals surface area (Å²) in [5.74, 6) is -0.208. The number of carbonyl (C=O) groups is 1. The zero-order chi connectivity index (χ0) is 37.2. The van der Waals surface area contributed by atoms with Crippen LogP contribution in [-0.4, -0.2) is 68.5 Å². The molecule has 0 aromatic heterocycles. The maximum atomic E-state index is 12.8. The van der Waals surface area contributed by atoms with Gasteiger partial charge in [0, 0.05) is 6.42 Å². The number of unbranched alkanes of at least 4 members (excludes halogenated alkanes) is 22. The third-order valence-corrected chi connectivity index (χ3v) is 10.1. The van der Waals surface area contributed by atoms with E-state index in [4.69, 9.17) is 9.05 Å². The highest BCUT2D eigenvalue weighted by Crippen LogP contribution is 2.38. The first-order valence-corrected chi connectivity index (χ1v) is 22.2. The summed E-state index contributed by atoms with van der Waals surface area (Å²) in [4.78, 5) is 25.2. The van der Waals surface area contributed by atoms with Gasteiger partial charge in [0.2, 0.25) is 5.91 Å². The molecule has 2 N–H and O–H groups in total. The van der Waals surface area contributed by atoms with Crippen LogP contribution in [0.2, 0.25) is 0 Å². The maximum Gasteiger partial charge on any atom is 0.268 e. The van der Waals surface area contributed by atoms with E-state index in [1.54, 1.807) is 6.08 Å². The van der Waals surface area contributed by atoms with Gasteiger partial charge in [-0.1, -0.05) is 167 Å². The van der Waals surface area contributed by atoms with E-state index >= 15 is 0 Å². The quantitative estimate of drug-likeness (QED) is 0.0285. The second-order valence-corrected chi connectivity index (χ2v) is 16.8. The molecule has 0 aliphatic heterocycles. The van der Waals surface area contributed by atoms with Crippen molar-refractivity contribution in [2.24, 2.45) is 0 Å². The number of allylic oxidation sites excluding steroid dienone is 3. The van der Waals surface area contributed by atoms with E-state index in [0.29, 0.717) is 17.4 Å². The Bertz CT molecular complexity index is 876. The second-order valence-electron chi connectivity index (χ2n) is 15.3. The molecule has 0 aliphatic rings. The number of amides is 1. The van der Waals surface area contributed by atoms with Gasteiger partial charge >= 0.3 is 0 Å². The standard InChI is InChI=1S/C41H81N2O6P/c1-6-8-10-12-14-16-18-20-21-23-25-27-29-31-33-35-41(45)42-39(38-49-50(46,47)48-37-36-43(3,4)5)40(44)34-32-30-28-26-24-22-19-17-15-13-11-9-7-2/h24,26,32,34,39-40,44H,6-23,25,27-31,33,35-38H2,1-5H3,(H-,42,45,46,47)/b26-24+,34-32+. The molecular formula is C41H81N2O6P. The summed E-state index contributed by atoms with van der Waals surface area (Å²) in [6.45, 7) is 4.61. The number of nitrogens with one attached hydrogen (secondary N) is 1. The SMILES string of the molecule is CCCCCCCCC/C=C/CC/C=C/C(O)C(COP(=O)([O-])OCC[N+](C)(C)C)NC(=O)CCCCCCCCCCCCCCCCC. The van der Waals surface area contributed by atoms with E-state index in [1.165, 1.54) is 122 Å². The number of carbonyl (C=O) groups excluding carboxylic acids is 1. The van der Waals surface area contributed by atoms with Crippen molar-refractivity contribution >= 4 is 13.7 Å². The molecule has 1 amide bonds. The molecule has 0 saturated carbocycles. The zero-order valence-electron chi connectivity index (χ0n) is 33.4. The van der Waals surface area contributed by atoms with Crippen LogP contribution in [0.4, 0.5) is 0 Å². The van der Waals surface area contributed by atoms with E-state index in [9.17, 15) is 19.4 Å². The highest BCUT2D eigenvalue weighted by atomic mass is 31.2. The number of hydrogen-bond donors (Lipinski definition) is 2. The fourth-order valence-electron chi connectivity index (χ4n) is 5.81. The molecule has 0 saturated heterocycles. The molecule has 0 radical (unpaired) electrons. The topological polar surface area (TPSA) is 108 Å². The Kier molecular flexibility index (Phi) is 33.1. The monoisotopic (exact) mass is 729 g/mol. The Balaban J connectivity index is 4.50. The maximum absolute atomic E-state index is 12.8. The Morgan fingerprint density at radius 3 is 1.62 bits per heavy atom. The van der Waals surface area contributed by atoms with Gasteiger partial charge in [0.05, 0.1) is 39.9 Å². The third-order valence-electron chi connectivity index (χ3n) is 9.16. The average molecular weight is 729 g/mol. The predicted molar refractivity (Wildman–Crippen MR) is 210 cm³/mol. The number of phosphoric acid groups is 1. The van der Waals surface area contributed by atoms with Crippen molar-refractivity contribution in [1.82, 2.24) is 5.32 Å². The summed E-state index contributed by atoms with van der Waals surface area (Å²) in [5.41, 5.74) is 0. The van der Waals surface area contributed by atoms with Gasteiger partial charge in [-0.2, -0.15) is 0 Å². The Labute approximate surface area is 309 Å². The minimum atomic E-state index is -4.58. The molecule has 3 unspecified atom stereocenters. The van der Waals surface area contributed by atoms with Gasteiger partial charge in [-0.25, -0.2) is 0 Å². The van der Waals surface area contributed by atoms with E-state index < -0.39 is 20.0 Å². The van der Waals surface area contributed by atoms with Crippen molar-refractivity contribution in [3.8, 4) is 0 Å². The van der Waals surface area contributed by atoms with Crippen molar-refractivity contribution in [1.29, 1.82) is 0 Å². The second kappa shape index (κ2) is 33.8. The average Bonchev–Trinajstić information content (AvgIpc) is 3.06. The number of aliphatic hydroxyl groups excluding tert-OH is 1. The molecule has 0 rings (SSSR count). The highest BCUT2D eigenvalue weighted by Gasteiger charge is 2.23. The van der Waals surface area contributed by atoms with Crippen molar-refractivity contribution in [3.63, 3.8) is 0 Å². The van der Waals surface area contributed by atoms with E-state index in [0.717, 1.165) is 38.5 Å². The lowest BCUT2D eigenvalue weighted by Crippen LogP contribution is -2.45. The van der Waals surface area contributed by atoms with Gasteiger partial charge in [-0.05, 0) is 32.1 Å². The minimum Gasteiger partial charge on any atom is -0.756 e. The summed E-state index contributed by atoms with van der Waals surface area (Å²) in [6.07, 6.45) is 37.9. The molecule has 0 bridgehead atoms. The lowest BCUT2D eigenvalue weighted by atomic mass is 10.0. The van der Waals surface area contributed by atoms with E-state index in [1.807, 2.05) is 27.2 Å². The molecule has 0 aromatic carbocycles. The summed E-state index contributed by atoms with van der Waals surface area (Å²) < 4.78 is 23.1. The molecule has 0 fully saturated rings. The molecule has 0 aromatic rings. The molecule has 8 nitrogen and oxygen atoms in total. The van der Waals surface area contributed by atoms with Crippen LogP contribution in [0.3, 0.4) is 0 Å². The first kappa shape index (κ1) is 49.0. The number of nitrogens with zero attached hydrogens (tertiary/aromatic N) is 1. The van der Waals surface area contributed by atoms with Crippen LogP contribution < -0.4 is 10.2 Å².